The third-order valence-electron chi connectivity index (χ3n) is 5.38. The minimum absolute atomic E-state index is 0.181. The fraction of sp³-hybridized carbons (Fsp3) is 0.250. The number of hydrogen-bond donors (Lipinski definition) is 3. The summed E-state index contributed by atoms with van der Waals surface area (Å²) in [5.74, 6) is -4.80. The van der Waals surface area contributed by atoms with Gasteiger partial charge in [-0.15, -0.1) is 0 Å². The molecule has 1 aliphatic rings. The first kappa shape index (κ1) is 21.6. The van der Waals surface area contributed by atoms with Crippen molar-refractivity contribution in [2.24, 2.45) is 5.73 Å². The molecule has 0 spiro atoms. The molecule has 1 saturated heterocycles. The second kappa shape index (κ2) is 7.80. The highest BCUT2D eigenvalue weighted by Crippen LogP contribution is 2.28. The van der Waals surface area contributed by atoms with Gasteiger partial charge in [0.1, 0.15) is 17.2 Å². The van der Waals surface area contributed by atoms with Crippen LogP contribution >= 0.6 is 0 Å². The largest absolute Gasteiger partial charge is 0.477 e. The van der Waals surface area contributed by atoms with E-state index < -0.39 is 57.6 Å². The number of aromatic nitrogens is 2. The molecule has 12 heteroatoms. The number of carboxylic acid groups (broad SMARTS) is 1. The Bertz CT molecular complexity index is 1310. The lowest BCUT2D eigenvalue weighted by molar-refractivity contribution is 0.0695. The molecule has 0 amide bonds. The fourth-order valence-electron chi connectivity index (χ4n) is 3.73. The summed E-state index contributed by atoms with van der Waals surface area (Å²) in [6, 6.07) is 1.85. The van der Waals surface area contributed by atoms with E-state index >= 15 is 0 Å². The highest BCUT2D eigenvalue weighted by Gasteiger charge is 2.33. The van der Waals surface area contributed by atoms with Gasteiger partial charge in [0.05, 0.1) is 28.9 Å². The molecule has 0 unspecified atom stereocenters. The number of benzene rings is 1. The molecule has 3 aromatic rings. The SMILES string of the molecule is CO[C@H]1CN(c2nc3c(cc2F)c(=O)c(C(=O)O)cn3-c2cc(N)c(F)cc2F)C[C@H]1N. The van der Waals surface area contributed by atoms with E-state index in [2.05, 4.69) is 4.98 Å². The number of carbonyl (C=O) groups is 1. The van der Waals surface area contributed by atoms with E-state index in [1.807, 2.05) is 0 Å². The van der Waals surface area contributed by atoms with Crippen LogP contribution in [0.25, 0.3) is 16.7 Å². The quantitative estimate of drug-likeness (QED) is 0.506. The number of ether oxygens (including phenoxy) is 1. The van der Waals surface area contributed by atoms with Gasteiger partial charge in [-0.25, -0.2) is 22.9 Å². The standard InChI is InChI=1S/C20H18F3N5O4/c1-32-16-7-27(6-14(16)25)19-12(23)2-8-17(29)9(20(30)31)5-28(18(8)26-19)15-4-13(24)10(21)3-11(15)22/h2-5,14,16H,6-7,24-25H2,1H3,(H,30,31)/t14-,16+/m1/s1. The minimum Gasteiger partial charge on any atom is -0.477 e. The molecular weight excluding hydrogens is 431 g/mol. The van der Waals surface area contributed by atoms with E-state index in [-0.39, 0.29) is 30.2 Å². The number of pyridine rings is 2. The van der Waals surface area contributed by atoms with Crippen LogP contribution in [0, 0.1) is 17.5 Å². The van der Waals surface area contributed by atoms with Gasteiger partial charge in [0.2, 0.25) is 5.43 Å². The van der Waals surface area contributed by atoms with Gasteiger partial charge >= 0.3 is 5.97 Å². The molecule has 5 N–H and O–H groups in total. The number of methoxy groups -OCH3 is 1. The molecule has 1 fully saturated rings. The zero-order valence-corrected chi connectivity index (χ0v) is 16.7. The number of carboxylic acids is 1. The van der Waals surface area contributed by atoms with E-state index in [0.29, 0.717) is 6.07 Å². The average molecular weight is 449 g/mol. The van der Waals surface area contributed by atoms with Crippen molar-refractivity contribution in [3.05, 3.63) is 57.6 Å². The van der Waals surface area contributed by atoms with Crippen LogP contribution < -0.4 is 21.8 Å². The lowest BCUT2D eigenvalue weighted by atomic mass is 10.1. The summed E-state index contributed by atoms with van der Waals surface area (Å²) in [6.07, 6.45) is 0.448. The van der Waals surface area contributed by atoms with Gasteiger partial charge < -0.3 is 26.2 Å². The van der Waals surface area contributed by atoms with Gasteiger partial charge in [0.15, 0.2) is 17.3 Å². The molecule has 0 bridgehead atoms. The summed E-state index contributed by atoms with van der Waals surface area (Å²) in [7, 11) is 1.46. The van der Waals surface area contributed by atoms with Crippen LogP contribution in [0.4, 0.5) is 24.7 Å². The van der Waals surface area contributed by atoms with Gasteiger partial charge in [-0.1, -0.05) is 0 Å². The predicted octanol–water partition coefficient (Wildman–Crippen LogP) is 1.25. The fourth-order valence-corrected chi connectivity index (χ4v) is 3.73. The molecule has 0 aliphatic carbocycles. The average Bonchev–Trinajstić information content (AvgIpc) is 3.11. The maximum absolute atomic E-state index is 14.9. The molecule has 9 nitrogen and oxygen atoms in total. The first-order valence-corrected chi connectivity index (χ1v) is 9.39. The molecule has 0 radical (unpaired) electrons. The number of hydrogen-bond acceptors (Lipinski definition) is 7. The molecule has 3 heterocycles. The number of aromatic carboxylic acids is 1. The summed E-state index contributed by atoms with van der Waals surface area (Å²) >= 11 is 0. The van der Waals surface area contributed by atoms with Crippen molar-refractivity contribution < 1.29 is 27.8 Å². The Morgan fingerprint density at radius 1 is 1.19 bits per heavy atom. The van der Waals surface area contributed by atoms with Crippen molar-refractivity contribution in [1.82, 2.24) is 9.55 Å². The number of anilines is 2. The number of nitrogen functional groups attached to an aromatic ring is 1. The summed E-state index contributed by atoms with van der Waals surface area (Å²) in [4.78, 5) is 29.9. The van der Waals surface area contributed by atoms with Crippen molar-refractivity contribution >= 4 is 28.5 Å². The van der Waals surface area contributed by atoms with Gasteiger partial charge in [-0.3, -0.25) is 9.36 Å². The maximum Gasteiger partial charge on any atom is 0.341 e. The maximum atomic E-state index is 14.9. The first-order chi connectivity index (χ1) is 15.1. The lowest BCUT2D eigenvalue weighted by Gasteiger charge is -2.20. The highest BCUT2D eigenvalue weighted by molar-refractivity contribution is 5.92. The van der Waals surface area contributed by atoms with Crippen molar-refractivity contribution in [1.29, 1.82) is 0 Å². The van der Waals surface area contributed by atoms with E-state index in [1.54, 1.807) is 0 Å². The second-order valence-corrected chi connectivity index (χ2v) is 7.38. The summed E-state index contributed by atoms with van der Waals surface area (Å²) in [5, 5.41) is 9.00. The monoisotopic (exact) mass is 449 g/mol. The van der Waals surface area contributed by atoms with E-state index in [1.165, 1.54) is 12.0 Å². The van der Waals surface area contributed by atoms with Crippen LogP contribution in [0.5, 0.6) is 0 Å². The predicted molar refractivity (Wildman–Crippen MR) is 110 cm³/mol. The summed E-state index contributed by atoms with van der Waals surface area (Å²) in [6.45, 7) is 0.408. The van der Waals surface area contributed by atoms with E-state index in [0.717, 1.165) is 22.9 Å². The van der Waals surface area contributed by atoms with Crippen molar-refractivity contribution in [3.8, 4) is 5.69 Å². The molecule has 2 aromatic heterocycles. The number of nitrogens with two attached hydrogens (primary N) is 2. The normalized spacial score (nSPS) is 18.5. The van der Waals surface area contributed by atoms with E-state index in [4.69, 9.17) is 16.2 Å². The summed E-state index contributed by atoms with van der Waals surface area (Å²) < 4.78 is 49.4. The highest BCUT2D eigenvalue weighted by atomic mass is 19.1. The lowest BCUT2D eigenvalue weighted by Crippen LogP contribution is -2.34. The minimum atomic E-state index is -1.61. The Balaban J connectivity index is 2.02. The molecule has 4 rings (SSSR count). The van der Waals surface area contributed by atoms with Gasteiger partial charge in [-0.2, -0.15) is 0 Å². The Labute approximate surface area is 178 Å². The number of halogens is 3. The van der Waals surface area contributed by atoms with Gasteiger partial charge in [0, 0.05) is 32.5 Å². The molecule has 1 aliphatic heterocycles. The van der Waals surface area contributed by atoms with Crippen LogP contribution in [0.2, 0.25) is 0 Å². The van der Waals surface area contributed by atoms with Crippen LogP contribution in [0.15, 0.2) is 29.2 Å². The molecule has 168 valence electrons. The Morgan fingerprint density at radius 2 is 1.91 bits per heavy atom. The second-order valence-electron chi connectivity index (χ2n) is 7.38. The molecular formula is C20H18F3N5O4. The topological polar surface area (TPSA) is 137 Å². The third-order valence-corrected chi connectivity index (χ3v) is 5.38. The van der Waals surface area contributed by atoms with Crippen molar-refractivity contribution in [2.75, 3.05) is 30.8 Å². The Hall–Kier alpha value is -3.64. The van der Waals surface area contributed by atoms with E-state index in [9.17, 15) is 27.9 Å². The van der Waals surface area contributed by atoms with Crippen LogP contribution in [-0.4, -0.2) is 53.0 Å². The van der Waals surface area contributed by atoms with Crippen LogP contribution in [0.3, 0.4) is 0 Å². The third kappa shape index (κ3) is 3.42. The number of fused-ring (bicyclic) bond motifs is 1. The molecule has 32 heavy (non-hydrogen) atoms. The molecule has 1 aromatic carbocycles. The Kier molecular flexibility index (Phi) is 5.26. The smallest absolute Gasteiger partial charge is 0.341 e. The zero-order valence-electron chi connectivity index (χ0n) is 16.7. The van der Waals surface area contributed by atoms with Crippen molar-refractivity contribution in [2.45, 2.75) is 12.1 Å². The van der Waals surface area contributed by atoms with Crippen LogP contribution in [-0.2, 0) is 4.74 Å². The zero-order chi connectivity index (χ0) is 23.3. The Morgan fingerprint density at radius 3 is 2.53 bits per heavy atom. The number of rotatable bonds is 4. The van der Waals surface area contributed by atoms with Gasteiger partial charge in [-0.05, 0) is 12.1 Å². The first-order valence-electron chi connectivity index (χ1n) is 9.39. The summed E-state index contributed by atoms with van der Waals surface area (Å²) in [5.41, 5.74) is 8.76. The molecule has 2 atom stereocenters. The van der Waals surface area contributed by atoms with Crippen molar-refractivity contribution in [3.63, 3.8) is 0 Å². The van der Waals surface area contributed by atoms with Gasteiger partial charge in [0.25, 0.3) is 0 Å². The van der Waals surface area contributed by atoms with Crippen LogP contribution in [0.1, 0.15) is 10.4 Å². The molecule has 0 saturated carbocycles. The number of nitrogens with zero attached hydrogens (tertiary/aromatic N) is 3.